The Hall–Kier alpha value is -0.810. The van der Waals surface area contributed by atoms with Crippen LogP contribution in [0.1, 0.15) is 50.5 Å². The molecule has 0 aromatic heterocycles. The van der Waals surface area contributed by atoms with Crippen LogP contribution in [0, 0.1) is 0 Å². The molecular formula is C19H30Cl2N2O2. The van der Waals surface area contributed by atoms with E-state index in [9.17, 15) is 4.79 Å². The minimum atomic E-state index is -0.119. The first kappa shape index (κ1) is 22.2. The summed E-state index contributed by atoms with van der Waals surface area (Å²) in [4.78, 5) is 12.2. The van der Waals surface area contributed by atoms with Gasteiger partial charge in [0.2, 0.25) is 5.91 Å². The van der Waals surface area contributed by atoms with Crippen LogP contribution in [0.4, 0.5) is 0 Å². The first-order chi connectivity index (χ1) is 11.7. The molecule has 1 fully saturated rings. The maximum Gasteiger partial charge on any atom is 0.220 e. The summed E-state index contributed by atoms with van der Waals surface area (Å²) in [6, 6.07) is 7.95. The number of halogens is 2. The lowest BCUT2D eigenvalue weighted by atomic mass is 9.74. The molecule has 1 aliphatic heterocycles. The summed E-state index contributed by atoms with van der Waals surface area (Å²) in [6.07, 6.45) is 6.48. The molecule has 1 amide bonds. The number of hydrogen-bond donors (Lipinski definition) is 2. The number of benzene rings is 1. The van der Waals surface area contributed by atoms with Crippen molar-refractivity contribution in [2.45, 2.75) is 50.4 Å². The number of rotatable bonds is 9. The molecule has 1 aromatic carbocycles. The van der Waals surface area contributed by atoms with Crippen molar-refractivity contribution in [3.05, 3.63) is 34.9 Å². The van der Waals surface area contributed by atoms with Crippen molar-refractivity contribution in [3.8, 4) is 0 Å². The molecule has 0 spiro atoms. The van der Waals surface area contributed by atoms with Crippen LogP contribution in [-0.2, 0) is 14.9 Å². The number of nitrogens with one attached hydrogen (secondary N) is 1. The molecule has 0 radical (unpaired) electrons. The lowest BCUT2D eigenvalue weighted by Crippen LogP contribution is -2.44. The van der Waals surface area contributed by atoms with Gasteiger partial charge < -0.3 is 15.8 Å². The van der Waals surface area contributed by atoms with E-state index < -0.39 is 0 Å². The van der Waals surface area contributed by atoms with Gasteiger partial charge in [-0.1, -0.05) is 42.6 Å². The molecule has 2 rings (SSSR count). The van der Waals surface area contributed by atoms with Gasteiger partial charge in [-0.2, -0.15) is 0 Å². The fraction of sp³-hybridized carbons (Fsp3) is 0.632. The molecule has 0 atom stereocenters. The summed E-state index contributed by atoms with van der Waals surface area (Å²) < 4.78 is 5.53. The van der Waals surface area contributed by atoms with Crippen molar-refractivity contribution in [2.24, 2.45) is 5.73 Å². The topological polar surface area (TPSA) is 64.4 Å². The zero-order valence-electron chi connectivity index (χ0n) is 14.8. The number of carbonyl (C=O) groups excluding carboxylic acids is 1. The molecule has 3 N–H and O–H groups in total. The average molecular weight is 389 g/mol. The molecule has 0 unspecified atom stereocenters. The third kappa shape index (κ3) is 6.78. The molecule has 1 aliphatic rings. The maximum atomic E-state index is 12.2. The lowest BCUT2D eigenvalue weighted by molar-refractivity contribution is -0.121. The smallest absolute Gasteiger partial charge is 0.220 e. The molecular weight excluding hydrogens is 359 g/mol. The van der Waals surface area contributed by atoms with E-state index in [0.29, 0.717) is 26.2 Å². The van der Waals surface area contributed by atoms with E-state index in [-0.39, 0.29) is 23.7 Å². The van der Waals surface area contributed by atoms with Crippen LogP contribution in [-0.4, -0.2) is 32.2 Å². The van der Waals surface area contributed by atoms with E-state index in [1.807, 2.05) is 18.2 Å². The van der Waals surface area contributed by atoms with Gasteiger partial charge in [0.05, 0.1) is 0 Å². The van der Waals surface area contributed by atoms with E-state index in [1.54, 1.807) is 0 Å². The minimum absolute atomic E-state index is 0. The van der Waals surface area contributed by atoms with Crippen molar-refractivity contribution in [1.29, 1.82) is 0 Å². The first-order valence-corrected chi connectivity index (χ1v) is 9.35. The number of hydrogen-bond acceptors (Lipinski definition) is 3. The molecule has 1 saturated heterocycles. The normalized spacial score (nSPS) is 16.1. The summed E-state index contributed by atoms with van der Waals surface area (Å²) in [5, 5.41) is 3.91. The second-order valence-corrected chi connectivity index (χ2v) is 7.01. The Kier molecular flexibility index (Phi) is 10.4. The van der Waals surface area contributed by atoms with E-state index in [2.05, 4.69) is 11.4 Å². The monoisotopic (exact) mass is 388 g/mol. The zero-order valence-corrected chi connectivity index (χ0v) is 16.3. The first-order valence-electron chi connectivity index (χ1n) is 8.97. The van der Waals surface area contributed by atoms with Crippen LogP contribution in [0.2, 0.25) is 5.02 Å². The number of amides is 1. The predicted octanol–water partition coefficient (Wildman–Crippen LogP) is 3.84. The van der Waals surface area contributed by atoms with E-state index >= 15 is 0 Å². The number of ether oxygens (including phenoxy) is 1. The summed E-state index contributed by atoms with van der Waals surface area (Å²) in [6.45, 7) is 2.77. The van der Waals surface area contributed by atoms with Crippen LogP contribution in [0.3, 0.4) is 0 Å². The maximum absolute atomic E-state index is 12.2. The Balaban J connectivity index is 0.00000312. The van der Waals surface area contributed by atoms with Crippen LogP contribution in [0.5, 0.6) is 0 Å². The third-order valence-electron chi connectivity index (χ3n) is 4.88. The van der Waals surface area contributed by atoms with Crippen molar-refractivity contribution in [1.82, 2.24) is 5.32 Å². The summed E-state index contributed by atoms with van der Waals surface area (Å²) in [5.41, 5.74) is 6.49. The van der Waals surface area contributed by atoms with Gasteiger partial charge in [-0.3, -0.25) is 4.79 Å². The summed E-state index contributed by atoms with van der Waals surface area (Å²) >= 11 is 6.43. The molecule has 25 heavy (non-hydrogen) atoms. The number of nitrogens with two attached hydrogens (primary N) is 1. The molecule has 0 aliphatic carbocycles. The van der Waals surface area contributed by atoms with Crippen molar-refractivity contribution >= 4 is 29.9 Å². The van der Waals surface area contributed by atoms with Crippen molar-refractivity contribution < 1.29 is 9.53 Å². The Labute approximate surface area is 162 Å². The van der Waals surface area contributed by atoms with Crippen LogP contribution >= 0.6 is 24.0 Å². The SMILES string of the molecule is Cl.NCCCCCCC(=O)NCC1(c2ccccc2Cl)CCOCC1. The van der Waals surface area contributed by atoms with E-state index in [4.69, 9.17) is 22.1 Å². The highest BCUT2D eigenvalue weighted by molar-refractivity contribution is 6.31. The minimum Gasteiger partial charge on any atom is -0.381 e. The average Bonchev–Trinajstić information content (AvgIpc) is 2.61. The van der Waals surface area contributed by atoms with Gasteiger partial charge in [-0.15, -0.1) is 12.4 Å². The molecule has 0 bridgehead atoms. The van der Waals surface area contributed by atoms with Gasteiger partial charge >= 0.3 is 0 Å². The Morgan fingerprint density at radius 2 is 1.84 bits per heavy atom. The predicted molar refractivity (Wildman–Crippen MR) is 106 cm³/mol. The Morgan fingerprint density at radius 1 is 1.16 bits per heavy atom. The fourth-order valence-electron chi connectivity index (χ4n) is 3.33. The van der Waals surface area contributed by atoms with Gasteiger partial charge in [0, 0.05) is 36.6 Å². The number of unbranched alkanes of at least 4 members (excludes halogenated alkanes) is 3. The molecule has 1 aromatic rings. The fourth-order valence-corrected chi connectivity index (χ4v) is 3.67. The quantitative estimate of drug-likeness (QED) is 0.631. The summed E-state index contributed by atoms with van der Waals surface area (Å²) in [5.74, 6) is 0.126. The lowest BCUT2D eigenvalue weighted by Gasteiger charge is -2.38. The molecule has 6 heteroatoms. The Morgan fingerprint density at radius 3 is 2.52 bits per heavy atom. The van der Waals surface area contributed by atoms with Gasteiger partial charge in [0.1, 0.15) is 0 Å². The van der Waals surface area contributed by atoms with Gasteiger partial charge in [-0.25, -0.2) is 0 Å². The van der Waals surface area contributed by atoms with Gasteiger partial charge in [-0.05, 0) is 43.9 Å². The zero-order chi connectivity index (χ0) is 17.3. The van der Waals surface area contributed by atoms with Crippen molar-refractivity contribution in [2.75, 3.05) is 26.3 Å². The molecule has 142 valence electrons. The van der Waals surface area contributed by atoms with Crippen LogP contribution < -0.4 is 11.1 Å². The van der Waals surface area contributed by atoms with Crippen molar-refractivity contribution in [3.63, 3.8) is 0 Å². The standard InChI is InChI=1S/C19H29ClN2O2.ClH/c20-17-8-5-4-7-16(17)19(10-13-24-14-11-19)15-22-18(23)9-3-1-2-6-12-21;/h4-5,7-8H,1-3,6,9-15,21H2,(H,22,23);1H. The largest absolute Gasteiger partial charge is 0.381 e. The second kappa shape index (κ2) is 11.7. The highest BCUT2D eigenvalue weighted by Crippen LogP contribution is 2.38. The van der Waals surface area contributed by atoms with E-state index in [0.717, 1.165) is 55.7 Å². The van der Waals surface area contributed by atoms with Crippen LogP contribution in [0.25, 0.3) is 0 Å². The molecule has 1 heterocycles. The van der Waals surface area contributed by atoms with Crippen LogP contribution in [0.15, 0.2) is 24.3 Å². The third-order valence-corrected chi connectivity index (χ3v) is 5.21. The highest BCUT2D eigenvalue weighted by atomic mass is 35.5. The molecule has 0 saturated carbocycles. The second-order valence-electron chi connectivity index (χ2n) is 6.60. The van der Waals surface area contributed by atoms with Gasteiger partial charge in [0.15, 0.2) is 0 Å². The van der Waals surface area contributed by atoms with Gasteiger partial charge in [0.25, 0.3) is 0 Å². The van der Waals surface area contributed by atoms with E-state index in [1.165, 1.54) is 0 Å². The summed E-state index contributed by atoms with van der Waals surface area (Å²) in [7, 11) is 0. The number of carbonyl (C=O) groups is 1. The molecule has 4 nitrogen and oxygen atoms in total. The Bertz CT molecular complexity index is 520. The highest BCUT2D eigenvalue weighted by Gasteiger charge is 2.36.